The Hall–Kier alpha value is -1.91. The number of aliphatic hydroxyl groups is 1. The van der Waals surface area contributed by atoms with Crippen molar-refractivity contribution in [3.8, 4) is 0 Å². The molecule has 10 heteroatoms. The van der Waals surface area contributed by atoms with E-state index in [1.807, 2.05) is 6.92 Å². The molecule has 0 aromatic rings. The SMILES string of the molecule is C[C@@H](O)[C@H]1C(=O)N2C(C(=O)O)=C(S[C@@H]3CN[C@H](C(=O)N4CCC(=O)C4)C3)[C@H](C)[C@H]12. The molecule has 158 valence electrons. The molecule has 0 aromatic carbocycles. The van der Waals surface area contributed by atoms with Crippen molar-refractivity contribution in [2.45, 2.75) is 50.1 Å². The first-order chi connectivity index (χ1) is 13.7. The Bertz CT molecular complexity index is 812. The fourth-order valence-corrected chi connectivity index (χ4v) is 6.36. The number of carbonyl (C=O) groups excluding carboxylic acids is 3. The van der Waals surface area contributed by atoms with E-state index in [2.05, 4.69) is 5.32 Å². The summed E-state index contributed by atoms with van der Waals surface area (Å²) in [7, 11) is 0. The molecular weight excluding hydrogens is 398 g/mol. The van der Waals surface area contributed by atoms with Gasteiger partial charge in [-0.1, -0.05) is 6.92 Å². The summed E-state index contributed by atoms with van der Waals surface area (Å²) in [4.78, 5) is 51.9. The molecule has 2 amide bonds. The number of β-lactam (4-membered cyclic amide) rings is 1. The molecule has 0 bridgehead atoms. The molecule has 6 atom stereocenters. The van der Waals surface area contributed by atoms with E-state index in [-0.39, 0.29) is 53.1 Å². The van der Waals surface area contributed by atoms with E-state index < -0.39 is 18.0 Å². The molecule has 0 radical (unpaired) electrons. The van der Waals surface area contributed by atoms with Crippen LogP contribution in [0.3, 0.4) is 0 Å². The number of hydrogen-bond donors (Lipinski definition) is 3. The van der Waals surface area contributed by atoms with Gasteiger partial charge >= 0.3 is 5.97 Å². The number of carbonyl (C=O) groups is 4. The Balaban J connectivity index is 1.46. The molecule has 0 spiro atoms. The third-order valence-electron chi connectivity index (χ3n) is 6.33. The summed E-state index contributed by atoms with van der Waals surface area (Å²) >= 11 is 1.41. The van der Waals surface area contributed by atoms with Crippen LogP contribution in [-0.4, -0.2) is 86.7 Å². The first-order valence-electron chi connectivity index (χ1n) is 9.89. The topological polar surface area (TPSA) is 127 Å². The molecule has 0 saturated carbocycles. The Kier molecular flexibility index (Phi) is 5.20. The van der Waals surface area contributed by atoms with E-state index >= 15 is 0 Å². The molecule has 0 aliphatic carbocycles. The third-order valence-corrected chi connectivity index (χ3v) is 7.84. The number of carboxylic acids is 1. The van der Waals surface area contributed by atoms with Crippen molar-refractivity contribution < 1.29 is 29.4 Å². The van der Waals surface area contributed by atoms with Gasteiger partial charge in [0, 0.05) is 35.6 Å². The van der Waals surface area contributed by atoms with Crippen molar-refractivity contribution >= 4 is 35.3 Å². The van der Waals surface area contributed by atoms with Crippen molar-refractivity contribution in [1.82, 2.24) is 15.1 Å². The van der Waals surface area contributed by atoms with E-state index in [1.165, 1.54) is 16.7 Å². The van der Waals surface area contributed by atoms with Gasteiger partial charge < -0.3 is 25.3 Å². The summed E-state index contributed by atoms with van der Waals surface area (Å²) in [5, 5.41) is 22.8. The minimum atomic E-state index is -1.14. The van der Waals surface area contributed by atoms with Gasteiger partial charge in [0.25, 0.3) is 0 Å². The monoisotopic (exact) mass is 423 g/mol. The van der Waals surface area contributed by atoms with Gasteiger partial charge in [-0.05, 0) is 13.3 Å². The number of thioether (sulfide) groups is 1. The third kappa shape index (κ3) is 3.27. The zero-order valence-electron chi connectivity index (χ0n) is 16.3. The molecular formula is C19H25N3O6S. The van der Waals surface area contributed by atoms with Crippen molar-refractivity contribution in [3.63, 3.8) is 0 Å². The van der Waals surface area contributed by atoms with Crippen molar-refractivity contribution in [2.24, 2.45) is 11.8 Å². The Morgan fingerprint density at radius 2 is 2.03 bits per heavy atom. The van der Waals surface area contributed by atoms with Crippen LogP contribution in [0.15, 0.2) is 10.6 Å². The van der Waals surface area contributed by atoms with E-state index in [4.69, 9.17) is 0 Å². The van der Waals surface area contributed by atoms with Gasteiger partial charge in [0.1, 0.15) is 5.70 Å². The second-order valence-electron chi connectivity index (χ2n) is 8.26. The second kappa shape index (κ2) is 7.41. The molecule has 4 rings (SSSR count). The summed E-state index contributed by atoms with van der Waals surface area (Å²) in [6.45, 7) is 4.61. The maximum Gasteiger partial charge on any atom is 0.353 e. The number of carboxylic acid groups (broad SMARTS) is 1. The van der Waals surface area contributed by atoms with Gasteiger partial charge in [-0.25, -0.2) is 4.79 Å². The number of aliphatic carboxylic acids is 1. The van der Waals surface area contributed by atoms with Crippen LogP contribution in [0.1, 0.15) is 26.7 Å². The van der Waals surface area contributed by atoms with Gasteiger partial charge in [-0.3, -0.25) is 14.4 Å². The minimum absolute atomic E-state index is 0.00661. The van der Waals surface area contributed by atoms with Crippen LogP contribution in [-0.2, 0) is 19.2 Å². The number of hydrogen-bond acceptors (Lipinski definition) is 7. The lowest BCUT2D eigenvalue weighted by Crippen LogP contribution is -2.63. The Labute approximate surface area is 172 Å². The average Bonchev–Trinajstić information content (AvgIpc) is 3.33. The van der Waals surface area contributed by atoms with Gasteiger partial charge in [0.15, 0.2) is 5.78 Å². The van der Waals surface area contributed by atoms with Crippen LogP contribution in [0.25, 0.3) is 0 Å². The summed E-state index contributed by atoms with van der Waals surface area (Å²) < 4.78 is 0. The van der Waals surface area contributed by atoms with Crippen LogP contribution >= 0.6 is 11.8 Å². The number of fused-ring (bicyclic) bond motifs is 1. The van der Waals surface area contributed by atoms with Crippen LogP contribution < -0.4 is 5.32 Å². The average molecular weight is 423 g/mol. The highest BCUT2D eigenvalue weighted by Gasteiger charge is 2.60. The van der Waals surface area contributed by atoms with E-state index in [9.17, 15) is 29.4 Å². The Morgan fingerprint density at radius 1 is 1.31 bits per heavy atom. The standard InChI is InChI=1S/C19H25N3O6S/c1-8-14-13(9(2)23)18(26)22(14)15(19(27)28)16(8)29-11-5-12(20-6-11)17(25)21-4-3-10(24)7-21/h8-9,11-14,20,23H,3-7H2,1-2H3,(H,27,28)/t8-,9-,11+,12+,13-,14-/m1/s1. The lowest BCUT2D eigenvalue weighted by Gasteiger charge is -2.46. The lowest BCUT2D eigenvalue weighted by molar-refractivity contribution is -0.163. The number of ketones is 1. The highest BCUT2D eigenvalue weighted by Crippen LogP contribution is 2.51. The van der Waals surface area contributed by atoms with Gasteiger partial charge in [-0.15, -0.1) is 11.8 Å². The van der Waals surface area contributed by atoms with Crippen LogP contribution in [0.2, 0.25) is 0 Å². The minimum Gasteiger partial charge on any atom is -0.477 e. The van der Waals surface area contributed by atoms with Crippen molar-refractivity contribution in [1.29, 1.82) is 0 Å². The lowest BCUT2D eigenvalue weighted by atomic mass is 9.79. The first kappa shape index (κ1) is 20.4. The predicted molar refractivity (Wildman–Crippen MR) is 104 cm³/mol. The van der Waals surface area contributed by atoms with E-state index in [1.54, 1.807) is 11.8 Å². The normalized spacial score (nSPS) is 35.2. The maximum atomic E-state index is 12.6. The number of likely N-dealkylation sites (tertiary alicyclic amines) is 1. The number of aliphatic hydroxyl groups excluding tert-OH is 1. The molecule has 29 heavy (non-hydrogen) atoms. The second-order valence-corrected chi connectivity index (χ2v) is 9.60. The zero-order chi connectivity index (χ0) is 21.0. The highest BCUT2D eigenvalue weighted by molar-refractivity contribution is 8.03. The molecule has 0 unspecified atom stereocenters. The predicted octanol–water partition coefficient (Wildman–Crippen LogP) is -0.595. The van der Waals surface area contributed by atoms with Crippen LogP contribution in [0.4, 0.5) is 0 Å². The fraction of sp³-hybridized carbons (Fsp3) is 0.684. The summed E-state index contributed by atoms with van der Waals surface area (Å²) in [5.74, 6) is -2.27. The van der Waals surface area contributed by atoms with Crippen LogP contribution in [0.5, 0.6) is 0 Å². The highest BCUT2D eigenvalue weighted by atomic mass is 32.2. The van der Waals surface area contributed by atoms with E-state index in [0.717, 1.165) is 0 Å². The number of nitrogens with one attached hydrogen (secondary N) is 1. The van der Waals surface area contributed by atoms with Gasteiger partial charge in [-0.2, -0.15) is 0 Å². The summed E-state index contributed by atoms with van der Waals surface area (Å²) in [5.41, 5.74) is 0.00863. The van der Waals surface area contributed by atoms with Gasteiger partial charge in [0.2, 0.25) is 11.8 Å². The molecule has 3 N–H and O–H groups in total. The Morgan fingerprint density at radius 3 is 2.62 bits per heavy atom. The van der Waals surface area contributed by atoms with Crippen LogP contribution in [0, 0.1) is 11.8 Å². The number of amides is 2. The quantitative estimate of drug-likeness (QED) is 0.501. The summed E-state index contributed by atoms with van der Waals surface area (Å²) in [6.07, 6.45) is 0.109. The van der Waals surface area contributed by atoms with Crippen molar-refractivity contribution in [2.75, 3.05) is 19.6 Å². The number of rotatable bonds is 5. The number of Topliss-reactive ketones (excluding diaryl/α,β-unsaturated/α-hetero) is 1. The molecule has 0 aromatic heterocycles. The maximum absolute atomic E-state index is 12.6. The molecule has 3 fully saturated rings. The van der Waals surface area contributed by atoms with Gasteiger partial charge in [0.05, 0.1) is 30.7 Å². The largest absolute Gasteiger partial charge is 0.477 e. The van der Waals surface area contributed by atoms with Crippen molar-refractivity contribution in [3.05, 3.63) is 10.6 Å². The zero-order valence-corrected chi connectivity index (χ0v) is 17.1. The molecule has 4 heterocycles. The first-order valence-corrected chi connectivity index (χ1v) is 10.8. The molecule has 4 aliphatic heterocycles. The smallest absolute Gasteiger partial charge is 0.353 e. The molecule has 4 aliphatic rings. The molecule has 3 saturated heterocycles. The number of nitrogens with zero attached hydrogens (tertiary/aromatic N) is 2. The summed E-state index contributed by atoms with van der Waals surface area (Å²) in [6, 6.07) is -0.716. The fourth-order valence-electron chi connectivity index (χ4n) is 4.88. The van der Waals surface area contributed by atoms with E-state index in [0.29, 0.717) is 30.8 Å². The molecule has 9 nitrogen and oxygen atoms in total.